The van der Waals surface area contributed by atoms with Gasteiger partial charge in [-0.3, -0.25) is 14.4 Å². The second kappa shape index (κ2) is 19.6. The van der Waals surface area contributed by atoms with Crippen molar-refractivity contribution in [1.82, 2.24) is 14.8 Å². The van der Waals surface area contributed by atoms with E-state index in [1.54, 1.807) is 16.0 Å². The minimum atomic E-state index is -0.690. The third-order valence-electron chi connectivity index (χ3n) is 11.3. The van der Waals surface area contributed by atoms with Crippen molar-refractivity contribution >= 4 is 35.3 Å². The largest absolute Gasteiger partial charge is 0.444 e. The third kappa shape index (κ3) is 11.3. The molecular weight excluding hydrogens is 679 g/mol. The zero-order valence-corrected chi connectivity index (χ0v) is 33.5. The lowest BCUT2D eigenvalue weighted by atomic mass is 9.79. The standard InChI is InChI=1S/C44H65N5O5/c1-5-6-7-8-9-10-11-12-13-14-15-16-17-23-39(51)49(36-21-18-19-27-48(31-36)42(53)54-43(2,3)4)32-38(50)46-35-25-24-33-29-44(30-34(33)28-35)37-22-20-26-45-40(37)47-41(44)52/h20,22,24-26,28,36H,5-19,21,23,27,29-32H2,1-4H3,(H,46,50)(H,45,47,52). The van der Waals surface area contributed by atoms with Gasteiger partial charge in [-0.1, -0.05) is 96.1 Å². The number of nitrogens with one attached hydrogen (secondary N) is 2. The third-order valence-corrected chi connectivity index (χ3v) is 11.3. The van der Waals surface area contributed by atoms with Gasteiger partial charge >= 0.3 is 6.09 Å². The molecule has 0 radical (unpaired) electrons. The molecule has 1 spiro atoms. The Kier molecular flexibility index (Phi) is 14.9. The van der Waals surface area contributed by atoms with Crippen LogP contribution in [0.5, 0.6) is 0 Å². The summed E-state index contributed by atoms with van der Waals surface area (Å²) in [4.78, 5) is 61.8. The Morgan fingerprint density at radius 3 is 2.28 bits per heavy atom. The van der Waals surface area contributed by atoms with Crippen LogP contribution in [0.25, 0.3) is 0 Å². The highest BCUT2D eigenvalue weighted by Gasteiger charge is 2.51. The molecule has 10 nitrogen and oxygen atoms in total. The van der Waals surface area contributed by atoms with Crippen molar-refractivity contribution in [3.8, 4) is 0 Å². The van der Waals surface area contributed by atoms with Gasteiger partial charge in [-0.2, -0.15) is 0 Å². The van der Waals surface area contributed by atoms with Gasteiger partial charge in [0.15, 0.2) is 0 Å². The molecule has 2 atom stereocenters. The fourth-order valence-corrected chi connectivity index (χ4v) is 8.43. The second-order valence-electron chi connectivity index (χ2n) is 16.9. The van der Waals surface area contributed by atoms with Gasteiger partial charge in [-0.15, -0.1) is 0 Å². The molecule has 1 aromatic heterocycles. The monoisotopic (exact) mass is 743 g/mol. The van der Waals surface area contributed by atoms with Crippen molar-refractivity contribution in [1.29, 1.82) is 0 Å². The Bertz CT molecular complexity index is 1590. The van der Waals surface area contributed by atoms with E-state index in [1.165, 1.54) is 64.2 Å². The number of hydrogen-bond acceptors (Lipinski definition) is 6. The molecule has 3 heterocycles. The number of unbranched alkanes of at least 4 members (excludes halogenated alkanes) is 12. The maximum absolute atomic E-state index is 13.9. The van der Waals surface area contributed by atoms with Crippen molar-refractivity contribution in [2.75, 3.05) is 30.3 Å². The summed E-state index contributed by atoms with van der Waals surface area (Å²) in [5.41, 5.74) is 2.34. The van der Waals surface area contributed by atoms with Crippen LogP contribution in [0.2, 0.25) is 0 Å². The van der Waals surface area contributed by atoms with E-state index in [4.69, 9.17) is 4.74 Å². The lowest BCUT2D eigenvalue weighted by molar-refractivity contribution is -0.137. The molecule has 5 rings (SSSR count). The Morgan fingerprint density at radius 2 is 1.59 bits per heavy atom. The quantitative estimate of drug-likeness (QED) is 0.147. The molecule has 2 N–H and O–H groups in total. The molecule has 296 valence electrons. The number of likely N-dealkylation sites (tertiary alicyclic amines) is 1. The Hall–Kier alpha value is -3.95. The number of ether oxygens (including phenoxy) is 1. The Balaban J connectivity index is 1.17. The van der Waals surface area contributed by atoms with E-state index in [9.17, 15) is 19.2 Å². The summed E-state index contributed by atoms with van der Waals surface area (Å²) in [6.45, 7) is 8.63. The first-order chi connectivity index (χ1) is 26.0. The van der Waals surface area contributed by atoms with Gasteiger partial charge in [0.2, 0.25) is 17.7 Å². The van der Waals surface area contributed by atoms with E-state index in [0.717, 1.165) is 55.2 Å². The number of fused-ring (bicyclic) bond motifs is 3. The highest BCUT2D eigenvalue weighted by Crippen LogP contribution is 2.47. The highest BCUT2D eigenvalue weighted by molar-refractivity contribution is 6.06. The second-order valence-corrected chi connectivity index (χ2v) is 16.9. The number of nitrogens with zero attached hydrogens (tertiary/aromatic N) is 3. The Labute approximate surface area is 323 Å². The fraction of sp³-hybridized carbons (Fsp3) is 0.659. The van der Waals surface area contributed by atoms with Crippen LogP contribution in [0.15, 0.2) is 36.5 Å². The normalized spacial score (nSPS) is 19.2. The summed E-state index contributed by atoms with van der Waals surface area (Å²) in [6.07, 6.45) is 21.2. The van der Waals surface area contributed by atoms with Crippen LogP contribution in [0.4, 0.5) is 16.3 Å². The van der Waals surface area contributed by atoms with Crippen LogP contribution in [-0.2, 0) is 37.4 Å². The number of benzene rings is 1. The Morgan fingerprint density at radius 1 is 0.926 bits per heavy atom. The van der Waals surface area contributed by atoms with Gasteiger partial charge in [0.25, 0.3) is 0 Å². The first kappa shape index (κ1) is 41.2. The number of amides is 4. The van der Waals surface area contributed by atoms with Crippen molar-refractivity contribution < 1.29 is 23.9 Å². The van der Waals surface area contributed by atoms with E-state index in [1.807, 2.05) is 51.1 Å². The number of rotatable bonds is 18. The summed E-state index contributed by atoms with van der Waals surface area (Å²) < 4.78 is 5.71. The zero-order chi connectivity index (χ0) is 38.6. The SMILES string of the molecule is CCCCCCCCCCCCCCCC(=O)N(CC(=O)Nc1ccc2c(c1)CC1(C2)C(=O)Nc2ncccc21)C1CCCCN(C(=O)OC(C)(C)C)C1. The molecule has 1 saturated heterocycles. The van der Waals surface area contributed by atoms with E-state index in [0.29, 0.717) is 43.9 Å². The first-order valence-corrected chi connectivity index (χ1v) is 20.9. The van der Waals surface area contributed by atoms with Crippen LogP contribution < -0.4 is 10.6 Å². The van der Waals surface area contributed by atoms with Crippen molar-refractivity contribution in [2.24, 2.45) is 0 Å². The van der Waals surface area contributed by atoms with Gasteiger partial charge in [0.1, 0.15) is 18.0 Å². The number of hydrogen-bond donors (Lipinski definition) is 2. The van der Waals surface area contributed by atoms with Gasteiger partial charge in [-0.25, -0.2) is 9.78 Å². The minimum Gasteiger partial charge on any atom is -0.444 e. The molecule has 2 aliphatic heterocycles. The molecule has 2 unspecified atom stereocenters. The summed E-state index contributed by atoms with van der Waals surface area (Å²) in [5.74, 6) is 0.262. The fourth-order valence-electron chi connectivity index (χ4n) is 8.43. The number of carbonyl (C=O) groups is 4. The van der Waals surface area contributed by atoms with Gasteiger partial charge < -0.3 is 25.2 Å². The molecule has 10 heteroatoms. The highest BCUT2D eigenvalue weighted by atomic mass is 16.6. The van der Waals surface area contributed by atoms with E-state index < -0.39 is 11.0 Å². The van der Waals surface area contributed by atoms with Crippen LogP contribution >= 0.6 is 0 Å². The molecule has 54 heavy (non-hydrogen) atoms. The van der Waals surface area contributed by atoms with Crippen LogP contribution in [0, 0.1) is 0 Å². The van der Waals surface area contributed by atoms with Gasteiger partial charge in [-0.05, 0) is 88.6 Å². The van der Waals surface area contributed by atoms with Crippen molar-refractivity contribution in [2.45, 2.75) is 167 Å². The van der Waals surface area contributed by atoms with E-state index >= 15 is 0 Å². The average Bonchev–Trinajstić information content (AvgIpc) is 3.52. The van der Waals surface area contributed by atoms with Crippen LogP contribution in [0.1, 0.15) is 154 Å². The minimum absolute atomic E-state index is 0.0420. The molecule has 0 saturated carbocycles. The van der Waals surface area contributed by atoms with Crippen LogP contribution in [0.3, 0.4) is 0 Å². The maximum Gasteiger partial charge on any atom is 0.410 e. The number of carbonyl (C=O) groups excluding carboxylic acids is 4. The predicted molar refractivity (Wildman–Crippen MR) is 214 cm³/mol. The van der Waals surface area contributed by atoms with E-state index in [2.05, 4.69) is 22.5 Å². The molecule has 4 amide bonds. The lowest BCUT2D eigenvalue weighted by Gasteiger charge is -2.34. The number of anilines is 2. The molecule has 1 fully saturated rings. The van der Waals surface area contributed by atoms with Crippen molar-refractivity contribution in [3.63, 3.8) is 0 Å². The van der Waals surface area contributed by atoms with Crippen LogP contribution in [-0.4, -0.2) is 69.9 Å². The molecule has 1 aliphatic carbocycles. The zero-order valence-electron chi connectivity index (χ0n) is 33.5. The first-order valence-electron chi connectivity index (χ1n) is 20.9. The van der Waals surface area contributed by atoms with E-state index in [-0.39, 0.29) is 36.4 Å². The van der Waals surface area contributed by atoms with Crippen molar-refractivity contribution in [3.05, 3.63) is 53.2 Å². The van der Waals surface area contributed by atoms with Gasteiger partial charge in [0.05, 0.1) is 5.41 Å². The molecular formula is C44H65N5O5. The number of pyridine rings is 1. The number of aromatic nitrogens is 1. The molecule has 1 aromatic carbocycles. The topological polar surface area (TPSA) is 121 Å². The average molecular weight is 744 g/mol. The summed E-state index contributed by atoms with van der Waals surface area (Å²) >= 11 is 0. The predicted octanol–water partition coefficient (Wildman–Crippen LogP) is 9.11. The smallest absolute Gasteiger partial charge is 0.410 e. The van der Waals surface area contributed by atoms with Gasteiger partial charge in [0, 0.05) is 43.0 Å². The maximum atomic E-state index is 13.9. The molecule has 2 aromatic rings. The molecule has 3 aliphatic rings. The summed E-state index contributed by atoms with van der Waals surface area (Å²) in [7, 11) is 0. The summed E-state index contributed by atoms with van der Waals surface area (Å²) in [6, 6.07) is 9.37. The molecule has 0 bridgehead atoms. The lowest BCUT2D eigenvalue weighted by Crippen LogP contribution is -2.50. The summed E-state index contributed by atoms with van der Waals surface area (Å²) in [5, 5.41) is 6.00.